The molecule has 2 saturated heterocycles. The Kier molecular flexibility index (Phi) is 10.8. The third-order valence-electron chi connectivity index (χ3n) is 7.53. The van der Waals surface area contributed by atoms with Crippen molar-refractivity contribution in [1.29, 1.82) is 0 Å². The maximum atomic E-state index is 13.1. The zero-order valence-electron chi connectivity index (χ0n) is 24.2. The van der Waals surface area contributed by atoms with Crippen LogP contribution in [0.25, 0.3) is 0 Å². The molecular weight excluding hydrogens is 631 g/mol. The summed E-state index contributed by atoms with van der Waals surface area (Å²) >= 11 is 3.37. The maximum absolute atomic E-state index is 13.1. The number of morpholine rings is 1. The number of halogens is 2. The first-order chi connectivity index (χ1) is 21.3. The molecule has 0 spiro atoms. The summed E-state index contributed by atoms with van der Waals surface area (Å²) in [4.78, 5) is 44.9. The summed E-state index contributed by atoms with van der Waals surface area (Å²) in [5.41, 5.74) is 5.18. The van der Waals surface area contributed by atoms with Crippen molar-refractivity contribution in [3.63, 3.8) is 0 Å². The summed E-state index contributed by atoms with van der Waals surface area (Å²) in [5, 5.41) is 6.77. The number of rotatable bonds is 9. The van der Waals surface area contributed by atoms with E-state index in [2.05, 4.69) is 41.6 Å². The monoisotopic (exact) mass is 664 g/mol. The number of carbonyl (C=O) groups is 3. The predicted octanol–water partition coefficient (Wildman–Crippen LogP) is 3.58. The smallest absolute Gasteiger partial charge is 0.273 e. The highest BCUT2D eigenvalue weighted by atomic mass is 79.9. The van der Waals surface area contributed by atoms with Gasteiger partial charge in [-0.3, -0.25) is 24.2 Å². The van der Waals surface area contributed by atoms with E-state index < -0.39 is 5.91 Å². The normalized spacial score (nSPS) is 16.2. The molecule has 5 rings (SSSR count). The Hall–Kier alpha value is -3.97. The number of amides is 3. The van der Waals surface area contributed by atoms with Crippen molar-refractivity contribution in [3.8, 4) is 0 Å². The highest BCUT2D eigenvalue weighted by Gasteiger charge is 2.23. The summed E-state index contributed by atoms with van der Waals surface area (Å²) in [6.45, 7) is 7.14. The average Bonchev–Trinajstić information content (AvgIpc) is 3.04. The Balaban J connectivity index is 1.12. The number of benzene rings is 3. The van der Waals surface area contributed by atoms with Crippen LogP contribution in [0, 0.1) is 5.82 Å². The van der Waals surface area contributed by atoms with Crippen LogP contribution in [0.4, 0.5) is 10.1 Å². The summed E-state index contributed by atoms with van der Waals surface area (Å²) in [5.74, 6) is -1.05. The van der Waals surface area contributed by atoms with Crippen molar-refractivity contribution in [3.05, 3.63) is 99.3 Å². The molecule has 3 aromatic carbocycles. The molecule has 0 radical (unpaired) electrons. The summed E-state index contributed by atoms with van der Waals surface area (Å²) in [6, 6.07) is 18.1. The lowest BCUT2D eigenvalue weighted by Crippen LogP contribution is -2.51. The van der Waals surface area contributed by atoms with Crippen LogP contribution in [-0.4, -0.2) is 97.7 Å². The molecule has 44 heavy (non-hydrogen) atoms. The second kappa shape index (κ2) is 15.2. The highest BCUT2D eigenvalue weighted by Crippen LogP contribution is 2.22. The van der Waals surface area contributed by atoms with Crippen LogP contribution >= 0.6 is 15.9 Å². The van der Waals surface area contributed by atoms with Gasteiger partial charge < -0.3 is 15.0 Å². The van der Waals surface area contributed by atoms with Crippen LogP contribution < -0.4 is 10.7 Å². The van der Waals surface area contributed by atoms with Gasteiger partial charge in [0.15, 0.2) is 0 Å². The van der Waals surface area contributed by atoms with Crippen molar-refractivity contribution in [1.82, 2.24) is 20.1 Å². The Labute approximate surface area is 264 Å². The molecule has 0 aromatic heterocycles. The quantitative estimate of drug-likeness (QED) is 0.268. The Bertz CT molecular complexity index is 1490. The highest BCUT2D eigenvalue weighted by molar-refractivity contribution is 9.10. The standard InChI is InChI=1S/C32H34BrFN6O4/c33-26-7-10-29(28(19-26)32(43)37-35-20-23-3-8-27(34)9-4-23)36-31(42)25-5-1-24(2-6-25)21-38-11-13-39(14-12-38)22-30(41)40-15-17-44-18-16-40/h1-10,19-20H,11-18,21-22H2,(H,36,42)(H,37,43). The third-order valence-corrected chi connectivity index (χ3v) is 8.03. The van der Waals surface area contributed by atoms with Gasteiger partial charge >= 0.3 is 0 Å². The van der Waals surface area contributed by atoms with Crippen molar-refractivity contribution in [2.24, 2.45) is 5.10 Å². The maximum Gasteiger partial charge on any atom is 0.273 e. The van der Waals surface area contributed by atoms with Crippen LogP contribution in [-0.2, 0) is 16.1 Å². The molecule has 3 aromatic rings. The fourth-order valence-electron chi connectivity index (χ4n) is 5.01. The molecule has 0 atom stereocenters. The molecule has 2 fully saturated rings. The van der Waals surface area contributed by atoms with Crippen LogP contribution in [0.15, 0.2) is 76.3 Å². The number of hydrazone groups is 1. The number of nitrogens with one attached hydrogen (secondary N) is 2. The first kappa shape index (κ1) is 31.5. The van der Waals surface area contributed by atoms with Gasteiger partial charge in [-0.1, -0.05) is 40.2 Å². The number of piperazine rings is 1. The van der Waals surface area contributed by atoms with E-state index in [1.807, 2.05) is 17.0 Å². The van der Waals surface area contributed by atoms with Gasteiger partial charge in [-0.15, -0.1) is 0 Å². The summed E-state index contributed by atoms with van der Waals surface area (Å²) < 4.78 is 19.1. The lowest BCUT2D eigenvalue weighted by atomic mass is 10.1. The van der Waals surface area contributed by atoms with E-state index in [0.717, 1.165) is 38.3 Å². The molecule has 12 heteroatoms. The SMILES string of the molecule is O=C(Nc1ccc(Br)cc1C(=O)NN=Cc1ccc(F)cc1)c1ccc(CN2CCN(CC(=O)N3CCOCC3)CC2)cc1. The van der Waals surface area contributed by atoms with Crippen molar-refractivity contribution in [2.45, 2.75) is 6.54 Å². The van der Waals surface area contributed by atoms with E-state index in [9.17, 15) is 18.8 Å². The van der Waals surface area contributed by atoms with Crippen LogP contribution in [0.5, 0.6) is 0 Å². The predicted molar refractivity (Wildman–Crippen MR) is 169 cm³/mol. The van der Waals surface area contributed by atoms with E-state index in [1.165, 1.54) is 18.3 Å². The average molecular weight is 666 g/mol. The first-order valence-electron chi connectivity index (χ1n) is 14.4. The Morgan fingerprint density at radius 1 is 0.864 bits per heavy atom. The molecule has 0 aliphatic carbocycles. The molecule has 3 amide bonds. The summed E-state index contributed by atoms with van der Waals surface area (Å²) in [6.07, 6.45) is 1.41. The Morgan fingerprint density at radius 3 is 2.25 bits per heavy atom. The molecule has 0 bridgehead atoms. The zero-order chi connectivity index (χ0) is 30.9. The van der Waals surface area contributed by atoms with Crippen LogP contribution in [0.2, 0.25) is 0 Å². The van der Waals surface area contributed by atoms with Gasteiger partial charge in [0.1, 0.15) is 5.82 Å². The molecule has 2 heterocycles. The molecule has 10 nitrogen and oxygen atoms in total. The van der Waals surface area contributed by atoms with E-state index in [-0.39, 0.29) is 23.2 Å². The minimum atomic E-state index is -0.513. The molecule has 0 unspecified atom stereocenters. The lowest BCUT2D eigenvalue weighted by Gasteiger charge is -2.36. The number of anilines is 1. The van der Waals surface area contributed by atoms with Gasteiger partial charge in [0.25, 0.3) is 11.8 Å². The molecule has 2 aliphatic heterocycles. The van der Waals surface area contributed by atoms with E-state index >= 15 is 0 Å². The van der Waals surface area contributed by atoms with E-state index in [0.29, 0.717) is 54.1 Å². The molecule has 0 saturated carbocycles. The van der Waals surface area contributed by atoms with Crippen LogP contribution in [0.1, 0.15) is 31.8 Å². The third kappa shape index (κ3) is 8.79. The van der Waals surface area contributed by atoms with Crippen molar-refractivity contribution in [2.75, 3.05) is 64.3 Å². The minimum absolute atomic E-state index is 0.168. The molecule has 2 N–H and O–H groups in total. The zero-order valence-corrected chi connectivity index (χ0v) is 25.8. The first-order valence-corrected chi connectivity index (χ1v) is 15.2. The number of carbonyl (C=O) groups excluding carboxylic acids is 3. The van der Waals surface area contributed by atoms with E-state index in [4.69, 9.17) is 4.74 Å². The fourth-order valence-corrected chi connectivity index (χ4v) is 5.37. The van der Waals surface area contributed by atoms with Gasteiger partial charge in [-0.2, -0.15) is 5.10 Å². The molecule has 230 valence electrons. The number of hydrogen-bond acceptors (Lipinski definition) is 7. The Morgan fingerprint density at radius 2 is 1.55 bits per heavy atom. The van der Waals surface area contributed by atoms with Crippen molar-refractivity contribution < 1.29 is 23.5 Å². The number of nitrogens with zero attached hydrogens (tertiary/aromatic N) is 4. The van der Waals surface area contributed by atoms with Gasteiger partial charge in [0.05, 0.1) is 37.2 Å². The minimum Gasteiger partial charge on any atom is -0.378 e. The molecule has 2 aliphatic rings. The number of hydrogen-bond donors (Lipinski definition) is 2. The largest absolute Gasteiger partial charge is 0.378 e. The topological polar surface area (TPSA) is 107 Å². The van der Waals surface area contributed by atoms with Gasteiger partial charge in [0.2, 0.25) is 5.91 Å². The summed E-state index contributed by atoms with van der Waals surface area (Å²) in [7, 11) is 0. The van der Waals surface area contributed by atoms with Gasteiger partial charge in [-0.25, -0.2) is 9.82 Å². The van der Waals surface area contributed by atoms with E-state index in [1.54, 1.807) is 42.5 Å². The second-order valence-corrected chi connectivity index (χ2v) is 11.6. The second-order valence-electron chi connectivity index (χ2n) is 10.6. The molecular formula is C32H34BrFN6O4. The van der Waals surface area contributed by atoms with Crippen LogP contribution in [0.3, 0.4) is 0 Å². The van der Waals surface area contributed by atoms with Gasteiger partial charge in [-0.05, 0) is 53.6 Å². The lowest BCUT2D eigenvalue weighted by molar-refractivity contribution is -0.136. The fraction of sp³-hybridized carbons (Fsp3) is 0.312. The number of ether oxygens (including phenoxy) is 1. The van der Waals surface area contributed by atoms with Crippen molar-refractivity contribution >= 4 is 45.6 Å². The van der Waals surface area contributed by atoms with Gasteiger partial charge in [0, 0.05) is 55.8 Å².